The molecule has 2 aromatic carbocycles. The van der Waals surface area contributed by atoms with E-state index in [2.05, 4.69) is 21.7 Å². The highest BCUT2D eigenvalue weighted by atomic mass is 16.5. The molecule has 0 aliphatic carbocycles. The topological polar surface area (TPSA) is 90.0 Å². The van der Waals surface area contributed by atoms with Gasteiger partial charge in [0.2, 0.25) is 5.91 Å². The Balaban J connectivity index is 1.45. The summed E-state index contributed by atoms with van der Waals surface area (Å²) in [5.41, 5.74) is 8.54. The minimum atomic E-state index is -0.406. The first-order chi connectivity index (χ1) is 16.8. The van der Waals surface area contributed by atoms with E-state index in [1.54, 1.807) is 45.3 Å². The number of hydrogen-bond acceptors (Lipinski definition) is 5. The normalized spacial score (nSPS) is 14.7. The van der Waals surface area contributed by atoms with Crippen molar-refractivity contribution in [3.8, 4) is 11.5 Å². The second-order valence-corrected chi connectivity index (χ2v) is 9.21. The number of nitrogens with two attached hydrogens (primary N) is 1. The molecule has 35 heavy (non-hydrogen) atoms. The standard InChI is InChI=1S/C27H34N4O4/c1-29(2)27(33)22-7-8-24(34-3)21(25(22)35-4)12-15-30-13-10-20(11-14-30)31-16-9-18-5-6-19(26(28)32)17-23(18)31/h5-9,16-17,20H,10-15H2,1-4H3,(H2,28,32). The van der Waals surface area contributed by atoms with Crippen LogP contribution in [0.5, 0.6) is 11.5 Å². The van der Waals surface area contributed by atoms with Gasteiger partial charge in [0, 0.05) is 62.6 Å². The number of hydrogen-bond donors (Lipinski definition) is 1. The molecule has 0 bridgehead atoms. The number of rotatable bonds is 8. The van der Waals surface area contributed by atoms with Gasteiger partial charge in [-0.1, -0.05) is 6.07 Å². The maximum Gasteiger partial charge on any atom is 0.257 e. The van der Waals surface area contributed by atoms with Crippen LogP contribution in [0.4, 0.5) is 0 Å². The van der Waals surface area contributed by atoms with Crippen molar-refractivity contribution in [2.24, 2.45) is 5.73 Å². The van der Waals surface area contributed by atoms with E-state index in [1.165, 1.54) is 0 Å². The average molecular weight is 479 g/mol. The Morgan fingerprint density at radius 2 is 1.80 bits per heavy atom. The fraction of sp³-hybridized carbons (Fsp3) is 0.407. The number of carbonyl (C=O) groups is 2. The second-order valence-electron chi connectivity index (χ2n) is 9.21. The smallest absolute Gasteiger partial charge is 0.257 e. The van der Waals surface area contributed by atoms with E-state index in [1.807, 2.05) is 18.2 Å². The van der Waals surface area contributed by atoms with Crippen molar-refractivity contribution in [2.45, 2.75) is 25.3 Å². The highest BCUT2D eigenvalue weighted by Gasteiger charge is 2.24. The van der Waals surface area contributed by atoms with Crippen molar-refractivity contribution in [1.82, 2.24) is 14.4 Å². The highest BCUT2D eigenvalue weighted by Crippen LogP contribution is 2.34. The van der Waals surface area contributed by atoms with Crippen LogP contribution in [0, 0.1) is 0 Å². The number of primary amides is 1. The van der Waals surface area contributed by atoms with Crippen molar-refractivity contribution in [1.29, 1.82) is 0 Å². The lowest BCUT2D eigenvalue weighted by molar-refractivity contribution is 0.0823. The van der Waals surface area contributed by atoms with Gasteiger partial charge in [-0.05, 0) is 55.0 Å². The zero-order chi connectivity index (χ0) is 25.1. The van der Waals surface area contributed by atoms with Crippen molar-refractivity contribution in [2.75, 3.05) is 47.9 Å². The van der Waals surface area contributed by atoms with Crippen molar-refractivity contribution in [3.05, 3.63) is 59.3 Å². The lowest BCUT2D eigenvalue weighted by Crippen LogP contribution is -2.36. The molecule has 0 spiro atoms. The third-order valence-corrected chi connectivity index (χ3v) is 6.91. The largest absolute Gasteiger partial charge is 0.496 e. The molecule has 1 aliphatic heterocycles. The van der Waals surface area contributed by atoms with E-state index in [-0.39, 0.29) is 5.91 Å². The molecule has 8 nitrogen and oxygen atoms in total. The third-order valence-electron chi connectivity index (χ3n) is 6.91. The Morgan fingerprint density at radius 1 is 1.06 bits per heavy atom. The molecule has 8 heteroatoms. The Bertz CT molecular complexity index is 1230. The molecule has 0 radical (unpaired) electrons. The Morgan fingerprint density at radius 3 is 2.43 bits per heavy atom. The summed E-state index contributed by atoms with van der Waals surface area (Å²) in [4.78, 5) is 28.3. The molecule has 3 aromatic rings. The van der Waals surface area contributed by atoms with E-state index < -0.39 is 5.91 Å². The van der Waals surface area contributed by atoms with E-state index in [0.717, 1.165) is 61.1 Å². The number of amides is 2. The Hall–Kier alpha value is -3.52. The number of ether oxygens (including phenoxy) is 2. The second kappa shape index (κ2) is 10.4. The van der Waals surface area contributed by atoms with Gasteiger partial charge in [0.05, 0.1) is 19.8 Å². The summed E-state index contributed by atoms with van der Waals surface area (Å²) in [7, 11) is 6.71. The van der Waals surface area contributed by atoms with Crippen LogP contribution in [0.1, 0.15) is 45.2 Å². The lowest BCUT2D eigenvalue weighted by atomic mass is 10.0. The van der Waals surface area contributed by atoms with Crippen molar-refractivity contribution in [3.63, 3.8) is 0 Å². The van der Waals surface area contributed by atoms with Crippen LogP contribution >= 0.6 is 0 Å². The summed E-state index contributed by atoms with van der Waals surface area (Å²) >= 11 is 0. The average Bonchev–Trinajstić information content (AvgIpc) is 3.29. The predicted molar refractivity (Wildman–Crippen MR) is 136 cm³/mol. The number of benzene rings is 2. The molecule has 186 valence electrons. The highest BCUT2D eigenvalue weighted by molar-refractivity contribution is 5.98. The summed E-state index contributed by atoms with van der Waals surface area (Å²) in [6.07, 6.45) is 4.86. The third kappa shape index (κ3) is 4.98. The fourth-order valence-electron chi connectivity index (χ4n) is 4.99. The summed E-state index contributed by atoms with van der Waals surface area (Å²) in [5, 5.41) is 1.11. The van der Waals surface area contributed by atoms with Crippen LogP contribution in [-0.2, 0) is 6.42 Å². The van der Waals surface area contributed by atoms with Gasteiger partial charge in [0.1, 0.15) is 11.5 Å². The maximum absolute atomic E-state index is 12.6. The van der Waals surface area contributed by atoms with Crippen LogP contribution in [0.15, 0.2) is 42.6 Å². The van der Waals surface area contributed by atoms with Gasteiger partial charge in [-0.25, -0.2) is 0 Å². The minimum absolute atomic E-state index is 0.0926. The number of aromatic nitrogens is 1. The van der Waals surface area contributed by atoms with Gasteiger partial charge >= 0.3 is 0 Å². The minimum Gasteiger partial charge on any atom is -0.496 e. The molecule has 1 fully saturated rings. The molecule has 0 atom stereocenters. The zero-order valence-corrected chi connectivity index (χ0v) is 20.9. The quantitative estimate of drug-likeness (QED) is 0.536. The van der Waals surface area contributed by atoms with Crippen LogP contribution in [0.3, 0.4) is 0 Å². The Labute approximate surface area is 206 Å². The van der Waals surface area contributed by atoms with E-state index in [9.17, 15) is 9.59 Å². The van der Waals surface area contributed by atoms with Crippen molar-refractivity contribution < 1.29 is 19.1 Å². The molecule has 4 rings (SSSR count). The van der Waals surface area contributed by atoms with E-state index in [0.29, 0.717) is 22.9 Å². The molecule has 2 N–H and O–H groups in total. The molecule has 2 heterocycles. The fourth-order valence-corrected chi connectivity index (χ4v) is 4.99. The van der Waals surface area contributed by atoms with Gasteiger partial charge in [0.25, 0.3) is 5.91 Å². The first-order valence-corrected chi connectivity index (χ1v) is 11.9. The number of nitrogens with zero attached hydrogens (tertiary/aromatic N) is 3. The van der Waals surface area contributed by atoms with Gasteiger partial charge in [-0.2, -0.15) is 0 Å². The summed E-state index contributed by atoms with van der Waals surface area (Å²) in [5.74, 6) is 0.819. The van der Waals surface area contributed by atoms with E-state index in [4.69, 9.17) is 15.2 Å². The number of likely N-dealkylation sites (tertiary alicyclic amines) is 1. The van der Waals surface area contributed by atoms with Crippen molar-refractivity contribution >= 4 is 22.7 Å². The number of fused-ring (bicyclic) bond motifs is 1. The van der Waals surface area contributed by atoms with Crippen LogP contribution in [0.25, 0.3) is 10.9 Å². The van der Waals surface area contributed by atoms with Gasteiger partial charge in [-0.15, -0.1) is 0 Å². The molecule has 2 amide bonds. The van der Waals surface area contributed by atoms with Crippen LogP contribution in [-0.4, -0.2) is 74.1 Å². The molecular formula is C27H34N4O4. The molecule has 0 unspecified atom stereocenters. The molecule has 0 saturated carbocycles. The number of methoxy groups -OCH3 is 2. The number of carbonyl (C=O) groups excluding carboxylic acids is 2. The first kappa shape index (κ1) is 24.6. The van der Waals surface area contributed by atoms with Gasteiger partial charge in [-0.3, -0.25) is 9.59 Å². The van der Waals surface area contributed by atoms with E-state index >= 15 is 0 Å². The summed E-state index contributed by atoms with van der Waals surface area (Å²) in [6.45, 7) is 2.76. The Kier molecular flexibility index (Phi) is 7.31. The molecule has 1 aliphatic rings. The monoisotopic (exact) mass is 478 g/mol. The van der Waals surface area contributed by atoms with Gasteiger partial charge < -0.3 is 29.6 Å². The number of piperidine rings is 1. The summed E-state index contributed by atoms with van der Waals surface area (Å²) < 4.78 is 13.6. The molecule has 1 saturated heterocycles. The lowest BCUT2D eigenvalue weighted by Gasteiger charge is -2.33. The zero-order valence-electron chi connectivity index (χ0n) is 20.9. The molecular weight excluding hydrogens is 444 g/mol. The maximum atomic E-state index is 12.6. The first-order valence-electron chi connectivity index (χ1n) is 11.9. The SMILES string of the molecule is COc1ccc(C(=O)N(C)C)c(OC)c1CCN1CCC(n2ccc3ccc(C(N)=O)cc32)CC1. The summed E-state index contributed by atoms with van der Waals surface area (Å²) in [6, 6.07) is 11.7. The predicted octanol–water partition coefficient (Wildman–Crippen LogP) is 3.34. The molecule has 1 aromatic heterocycles. The van der Waals surface area contributed by atoms with Crippen LogP contribution in [0.2, 0.25) is 0 Å². The van der Waals surface area contributed by atoms with Crippen LogP contribution < -0.4 is 15.2 Å². The van der Waals surface area contributed by atoms with Gasteiger partial charge in [0.15, 0.2) is 0 Å².